The van der Waals surface area contributed by atoms with Crippen molar-refractivity contribution in [3.63, 3.8) is 0 Å². The van der Waals surface area contributed by atoms with Gasteiger partial charge in [0, 0.05) is 32.3 Å². The fourth-order valence-corrected chi connectivity index (χ4v) is 3.74. The second-order valence-electron chi connectivity index (χ2n) is 6.96. The zero-order valence-corrected chi connectivity index (χ0v) is 16.1. The summed E-state index contributed by atoms with van der Waals surface area (Å²) in [5.41, 5.74) is 1.48. The van der Waals surface area contributed by atoms with Crippen molar-refractivity contribution in [2.24, 2.45) is 5.41 Å². The molecule has 0 bridgehead atoms. The maximum absolute atomic E-state index is 12.8. The van der Waals surface area contributed by atoms with Crippen molar-refractivity contribution in [3.8, 4) is 0 Å². The van der Waals surface area contributed by atoms with Gasteiger partial charge in [-0.15, -0.1) is 12.4 Å². The summed E-state index contributed by atoms with van der Waals surface area (Å²) >= 11 is 0. The third kappa shape index (κ3) is 4.55. The van der Waals surface area contributed by atoms with Crippen molar-refractivity contribution in [1.29, 1.82) is 0 Å². The first-order valence-electron chi connectivity index (χ1n) is 9.02. The van der Waals surface area contributed by atoms with Crippen LogP contribution in [0.25, 0.3) is 0 Å². The number of rotatable bonds is 6. The van der Waals surface area contributed by atoms with E-state index in [2.05, 4.69) is 10.6 Å². The monoisotopic (exact) mass is 381 g/mol. The first-order chi connectivity index (χ1) is 12.1. The number of anilines is 1. The van der Waals surface area contributed by atoms with Gasteiger partial charge in [0.1, 0.15) is 0 Å². The Morgan fingerprint density at radius 3 is 2.77 bits per heavy atom. The van der Waals surface area contributed by atoms with Gasteiger partial charge < -0.3 is 20.3 Å². The van der Waals surface area contributed by atoms with Crippen LogP contribution in [0.4, 0.5) is 5.69 Å². The molecule has 0 spiro atoms. The molecule has 2 amide bonds. The van der Waals surface area contributed by atoms with Crippen LogP contribution in [0.1, 0.15) is 31.2 Å². The lowest BCUT2D eigenvalue weighted by Gasteiger charge is -2.35. The summed E-state index contributed by atoms with van der Waals surface area (Å²) in [7, 11) is 1.65. The molecular weight excluding hydrogens is 354 g/mol. The van der Waals surface area contributed by atoms with Crippen LogP contribution in [0.5, 0.6) is 0 Å². The van der Waals surface area contributed by atoms with E-state index in [-0.39, 0.29) is 24.2 Å². The van der Waals surface area contributed by atoms with Gasteiger partial charge in [-0.2, -0.15) is 0 Å². The molecule has 6 nitrogen and oxygen atoms in total. The van der Waals surface area contributed by atoms with Gasteiger partial charge in [-0.25, -0.2) is 0 Å². The van der Waals surface area contributed by atoms with E-state index < -0.39 is 5.41 Å². The highest BCUT2D eigenvalue weighted by Gasteiger charge is 2.39. The predicted molar refractivity (Wildman–Crippen MR) is 104 cm³/mol. The summed E-state index contributed by atoms with van der Waals surface area (Å²) < 4.78 is 5.32. The maximum Gasteiger partial charge on any atom is 0.228 e. The Morgan fingerprint density at radius 2 is 2.12 bits per heavy atom. The van der Waals surface area contributed by atoms with Crippen molar-refractivity contribution >= 4 is 29.9 Å². The highest BCUT2D eigenvalue weighted by molar-refractivity contribution is 5.95. The number of nitrogens with one attached hydrogen (secondary N) is 2. The van der Waals surface area contributed by atoms with Gasteiger partial charge in [0.25, 0.3) is 0 Å². The summed E-state index contributed by atoms with van der Waals surface area (Å²) in [5, 5.41) is 6.37. The molecule has 0 radical (unpaired) electrons. The zero-order valence-electron chi connectivity index (χ0n) is 15.3. The predicted octanol–water partition coefficient (Wildman–Crippen LogP) is 1.87. The van der Waals surface area contributed by atoms with Crippen LogP contribution in [-0.2, 0) is 20.9 Å². The largest absolute Gasteiger partial charge is 0.384 e. The maximum atomic E-state index is 12.8. The van der Waals surface area contributed by atoms with Crippen LogP contribution in [0.2, 0.25) is 0 Å². The minimum Gasteiger partial charge on any atom is -0.384 e. The van der Waals surface area contributed by atoms with Crippen molar-refractivity contribution in [3.05, 3.63) is 29.8 Å². The summed E-state index contributed by atoms with van der Waals surface area (Å²) in [5.74, 6) is 0.230. The Labute approximate surface area is 161 Å². The Kier molecular flexibility index (Phi) is 7.43. The Hall–Kier alpha value is -1.63. The summed E-state index contributed by atoms with van der Waals surface area (Å²) in [6.45, 7) is 3.36. The van der Waals surface area contributed by atoms with Crippen molar-refractivity contribution in [2.75, 3.05) is 38.3 Å². The number of halogens is 1. The zero-order chi connectivity index (χ0) is 17.7. The molecule has 0 aromatic heterocycles. The first kappa shape index (κ1) is 20.7. The van der Waals surface area contributed by atoms with E-state index in [1.54, 1.807) is 7.11 Å². The fourth-order valence-electron chi connectivity index (χ4n) is 3.74. The van der Waals surface area contributed by atoms with Crippen molar-refractivity contribution < 1.29 is 14.3 Å². The van der Waals surface area contributed by atoms with Gasteiger partial charge in [-0.3, -0.25) is 9.59 Å². The molecule has 0 saturated carbocycles. The van der Waals surface area contributed by atoms with Gasteiger partial charge in [0.05, 0.1) is 12.0 Å². The second-order valence-corrected chi connectivity index (χ2v) is 6.96. The number of ether oxygens (including phenoxy) is 1. The number of hydrogen-bond donors (Lipinski definition) is 2. The number of amides is 2. The normalized spacial score (nSPS) is 19.1. The summed E-state index contributed by atoms with van der Waals surface area (Å²) in [4.78, 5) is 26.5. The Bertz CT molecular complexity index is 627. The highest BCUT2D eigenvalue weighted by atomic mass is 35.5. The average Bonchev–Trinajstić information content (AvgIpc) is 3.07. The molecule has 2 heterocycles. The van der Waals surface area contributed by atoms with E-state index in [9.17, 15) is 9.59 Å². The molecular formula is C19H28ClN3O3. The van der Waals surface area contributed by atoms with Crippen LogP contribution < -0.4 is 15.5 Å². The van der Waals surface area contributed by atoms with Crippen LogP contribution in [0, 0.1) is 5.41 Å². The van der Waals surface area contributed by atoms with Crippen molar-refractivity contribution in [1.82, 2.24) is 10.6 Å². The highest BCUT2D eigenvalue weighted by Crippen LogP contribution is 2.29. The van der Waals surface area contributed by atoms with Crippen LogP contribution in [0.15, 0.2) is 24.3 Å². The summed E-state index contributed by atoms with van der Waals surface area (Å²) in [6, 6.07) is 7.87. The number of piperidine rings is 1. The molecule has 7 heteroatoms. The van der Waals surface area contributed by atoms with Gasteiger partial charge >= 0.3 is 0 Å². The van der Waals surface area contributed by atoms with Gasteiger partial charge in [0.2, 0.25) is 11.8 Å². The molecule has 2 saturated heterocycles. The molecule has 0 atom stereocenters. The van der Waals surface area contributed by atoms with E-state index in [0.717, 1.165) is 50.1 Å². The molecule has 3 rings (SSSR count). The number of nitrogens with zero attached hydrogens (tertiary/aromatic N) is 1. The molecule has 0 aliphatic carbocycles. The second kappa shape index (κ2) is 9.35. The quantitative estimate of drug-likeness (QED) is 0.789. The van der Waals surface area contributed by atoms with Crippen LogP contribution >= 0.6 is 12.4 Å². The minimum atomic E-state index is -0.442. The third-order valence-electron chi connectivity index (χ3n) is 5.21. The number of benzene rings is 1. The van der Waals surface area contributed by atoms with Crippen LogP contribution in [-0.4, -0.2) is 45.2 Å². The molecule has 144 valence electrons. The molecule has 2 aliphatic heterocycles. The lowest BCUT2D eigenvalue weighted by molar-refractivity contribution is -0.136. The SMILES string of the molecule is COCC1(C(=O)NCc2cccc(N3CCCC3=O)c2)CCNCC1.Cl. The lowest BCUT2D eigenvalue weighted by atomic mass is 9.78. The Morgan fingerprint density at radius 1 is 1.35 bits per heavy atom. The first-order valence-corrected chi connectivity index (χ1v) is 9.02. The van der Waals surface area contributed by atoms with E-state index in [4.69, 9.17) is 4.74 Å². The fraction of sp³-hybridized carbons (Fsp3) is 0.579. The number of hydrogen-bond acceptors (Lipinski definition) is 4. The number of methoxy groups -OCH3 is 1. The van der Waals surface area contributed by atoms with Gasteiger partial charge in [-0.05, 0) is 50.0 Å². The standard InChI is InChI=1S/C19H27N3O3.ClH/c1-25-14-19(7-9-20-10-8-19)18(24)21-13-15-4-2-5-16(12-15)22-11-3-6-17(22)23;/h2,4-5,12,20H,3,6-11,13-14H2,1H3,(H,21,24);1H. The molecule has 2 N–H and O–H groups in total. The summed E-state index contributed by atoms with van der Waals surface area (Å²) in [6.07, 6.45) is 3.10. The van der Waals surface area contributed by atoms with E-state index in [1.165, 1.54) is 0 Å². The van der Waals surface area contributed by atoms with E-state index in [1.807, 2.05) is 29.2 Å². The van der Waals surface area contributed by atoms with Crippen molar-refractivity contribution in [2.45, 2.75) is 32.2 Å². The number of carbonyl (C=O) groups is 2. The van der Waals surface area contributed by atoms with Gasteiger partial charge in [-0.1, -0.05) is 12.1 Å². The van der Waals surface area contributed by atoms with Gasteiger partial charge in [0.15, 0.2) is 0 Å². The number of carbonyl (C=O) groups excluding carboxylic acids is 2. The lowest BCUT2D eigenvalue weighted by Crippen LogP contribution is -2.49. The molecule has 0 unspecified atom stereocenters. The molecule has 26 heavy (non-hydrogen) atoms. The molecule has 1 aromatic carbocycles. The topological polar surface area (TPSA) is 70.7 Å². The molecule has 2 aliphatic rings. The Balaban J connectivity index is 0.00000243. The van der Waals surface area contributed by atoms with E-state index in [0.29, 0.717) is 19.6 Å². The molecule has 1 aromatic rings. The third-order valence-corrected chi connectivity index (χ3v) is 5.21. The smallest absolute Gasteiger partial charge is 0.228 e. The molecule has 2 fully saturated rings. The van der Waals surface area contributed by atoms with E-state index >= 15 is 0 Å². The minimum absolute atomic E-state index is 0. The van der Waals surface area contributed by atoms with Crippen LogP contribution in [0.3, 0.4) is 0 Å². The average molecular weight is 382 g/mol.